The van der Waals surface area contributed by atoms with Crippen LogP contribution in [0.5, 0.6) is 0 Å². The molecule has 0 saturated carbocycles. The third-order valence-corrected chi connectivity index (χ3v) is 5.41. The van der Waals surface area contributed by atoms with Gasteiger partial charge in [-0.3, -0.25) is 4.79 Å². The van der Waals surface area contributed by atoms with Crippen molar-refractivity contribution in [3.05, 3.63) is 0 Å². The van der Waals surface area contributed by atoms with Crippen LogP contribution < -0.4 is 10.6 Å². The Hall–Kier alpha value is 0.0700. The van der Waals surface area contributed by atoms with E-state index < -0.39 is 0 Å². The van der Waals surface area contributed by atoms with Gasteiger partial charge in [-0.2, -0.15) is 0 Å². The van der Waals surface area contributed by atoms with E-state index >= 15 is 0 Å². The molecule has 2 rings (SSSR count). The molecule has 1 amide bonds. The normalized spacial score (nSPS) is 30.6. The van der Waals surface area contributed by atoms with Crippen LogP contribution >= 0.6 is 24.2 Å². The first-order valence-electron chi connectivity index (χ1n) is 6.72. The summed E-state index contributed by atoms with van der Waals surface area (Å²) in [5, 5.41) is 6.87. The fourth-order valence-electron chi connectivity index (χ4n) is 2.72. The third-order valence-electron chi connectivity index (χ3n) is 4.03. The Labute approximate surface area is 121 Å². The quantitative estimate of drug-likeness (QED) is 0.838. The summed E-state index contributed by atoms with van der Waals surface area (Å²) in [6.07, 6.45) is 4.74. The Kier molecular flexibility index (Phi) is 6.28. The molecule has 0 aromatic heterocycles. The van der Waals surface area contributed by atoms with E-state index in [1.54, 1.807) is 11.8 Å². The molecule has 0 aliphatic carbocycles. The van der Waals surface area contributed by atoms with Crippen LogP contribution in [0.3, 0.4) is 0 Å². The zero-order valence-corrected chi connectivity index (χ0v) is 13.0. The maximum atomic E-state index is 11.9. The van der Waals surface area contributed by atoms with Gasteiger partial charge in [-0.1, -0.05) is 13.8 Å². The van der Waals surface area contributed by atoms with Gasteiger partial charge in [-0.05, 0) is 43.4 Å². The zero-order valence-electron chi connectivity index (χ0n) is 11.3. The van der Waals surface area contributed by atoms with Crippen LogP contribution in [0.4, 0.5) is 0 Å². The van der Waals surface area contributed by atoms with Crippen molar-refractivity contribution in [2.24, 2.45) is 5.41 Å². The summed E-state index contributed by atoms with van der Waals surface area (Å²) >= 11 is 1.80. The number of hydrogen-bond acceptors (Lipinski definition) is 3. The van der Waals surface area contributed by atoms with E-state index in [1.807, 2.05) is 0 Å². The molecule has 0 aromatic rings. The Morgan fingerprint density at radius 2 is 2.22 bits per heavy atom. The van der Waals surface area contributed by atoms with Crippen molar-refractivity contribution in [3.63, 3.8) is 0 Å². The topological polar surface area (TPSA) is 41.1 Å². The van der Waals surface area contributed by atoms with Gasteiger partial charge in [0.15, 0.2) is 0 Å². The second kappa shape index (κ2) is 7.01. The standard InChI is InChI=1S/C13H24N2OS.ClH/c1-13(2)6-4-7-14-11(13)9-15-12(16)10-5-3-8-17-10;/h10-11,14H,3-9H2,1-2H3,(H,15,16);1H. The van der Waals surface area contributed by atoms with Gasteiger partial charge < -0.3 is 10.6 Å². The molecule has 2 atom stereocenters. The second-order valence-electron chi connectivity index (χ2n) is 5.85. The summed E-state index contributed by atoms with van der Waals surface area (Å²) in [7, 11) is 0. The van der Waals surface area contributed by atoms with Crippen molar-refractivity contribution in [3.8, 4) is 0 Å². The van der Waals surface area contributed by atoms with Crippen LogP contribution in [-0.4, -0.2) is 36.0 Å². The van der Waals surface area contributed by atoms with E-state index in [-0.39, 0.29) is 23.6 Å². The second-order valence-corrected chi connectivity index (χ2v) is 7.16. The fraction of sp³-hybridized carbons (Fsp3) is 0.923. The highest BCUT2D eigenvalue weighted by Crippen LogP contribution is 2.30. The molecule has 0 aromatic carbocycles. The average Bonchev–Trinajstić information content (AvgIpc) is 2.80. The lowest BCUT2D eigenvalue weighted by Crippen LogP contribution is -2.53. The molecular weight excluding hydrogens is 268 g/mol. The number of carbonyl (C=O) groups excluding carboxylic acids is 1. The molecule has 2 aliphatic heterocycles. The van der Waals surface area contributed by atoms with E-state index in [4.69, 9.17) is 0 Å². The number of hydrogen-bond donors (Lipinski definition) is 2. The molecule has 5 heteroatoms. The maximum absolute atomic E-state index is 11.9. The minimum absolute atomic E-state index is 0. The highest BCUT2D eigenvalue weighted by molar-refractivity contribution is 8.00. The van der Waals surface area contributed by atoms with E-state index in [9.17, 15) is 4.79 Å². The summed E-state index contributed by atoms with van der Waals surface area (Å²) < 4.78 is 0. The number of thioether (sulfide) groups is 1. The first kappa shape index (κ1) is 16.1. The molecule has 2 heterocycles. The number of piperidine rings is 1. The van der Waals surface area contributed by atoms with Crippen molar-refractivity contribution in [2.75, 3.05) is 18.8 Å². The molecule has 3 nitrogen and oxygen atoms in total. The van der Waals surface area contributed by atoms with Crippen molar-refractivity contribution < 1.29 is 4.79 Å². The molecular formula is C13H25ClN2OS. The summed E-state index contributed by atoms with van der Waals surface area (Å²) in [6.45, 7) is 6.45. The van der Waals surface area contributed by atoms with Crippen LogP contribution in [-0.2, 0) is 4.79 Å². The van der Waals surface area contributed by atoms with Crippen LogP contribution in [0, 0.1) is 5.41 Å². The Bertz CT molecular complexity index is 280. The molecule has 18 heavy (non-hydrogen) atoms. The summed E-state index contributed by atoms with van der Waals surface area (Å²) in [4.78, 5) is 11.9. The smallest absolute Gasteiger partial charge is 0.233 e. The molecule has 106 valence electrons. The van der Waals surface area contributed by atoms with Gasteiger partial charge >= 0.3 is 0 Å². The molecule has 2 aliphatic rings. The lowest BCUT2D eigenvalue weighted by molar-refractivity contribution is -0.120. The average molecular weight is 293 g/mol. The molecule has 2 N–H and O–H groups in total. The van der Waals surface area contributed by atoms with Crippen LogP contribution in [0.15, 0.2) is 0 Å². The van der Waals surface area contributed by atoms with Gasteiger partial charge in [0.1, 0.15) is 0 Å². The van der Waals surface area contributed by atoms with E-state index in [0.29, 0.717) is 11.5 Å². The van der Waals surface area contributed by atoms with Gasteiger partial charge in [0, 0.05) is 12.6 Å². The van der Waals surface area contributed by atoms with Gasteiger partial charge in [0.05, 0.1) is 5.25 Å². The first-order chi connectivity index (χ1) is 8.09. The van der Waals surface area contributed by atoms with Crippen molar-refractivity contribution >= 4 is 30.1 Å². The fourth-order valence-corrected chi connectivity index (χ4v) is 3.91. The molecule has 0 radical (unpaired) electrons. The molecule has 2 unspecified atom stereocenters. The Morgan fingerprint density at radius 1 is 1.44 bits per heavy atom. The molecule has 2 fully saturated rings. The van der Waals surface area contributed by atoms with E-state index in [1.165, 1.54) is 19.3 Å². The predicted octanol–water partition coefficient (Wildman–Crippen LogP) is 2.20. The Balaban J connectivity index is 0.00000162. The maximum Gasteiger partial charge on any atom is 0.233 e. The number of amides is 1. The van der Waals surface area contributed by atoms with Crippen molar-refractivity contribution in [2.45, 2.75) is 50.8 Å². The van der Waals surface area contributed by atoms with Gasteiger partial charge in [-0.25, -0.2) is 0 Å². The Morgan fingerprint density at radius 3 is 2.83 bits per heavy atom. The summed E-state index contributed by atoms with van der Waals surface area (Å²) in [5.74, 6) is 1.39. The molecule has 2 saturated heterocycles. The SMILES string of the molecule is CC1(C)CCCNC1CNC(=O)C1CCCS1.Cl. The lowest BCUT2D eigenvalue weighted by Gasteiger charge is -2.39. The number of carbonyl (C=O) groups is 1. The van der Waals surface area contributed by atoms with Gasteiger partial charge in [0.25, 0.3) is 0 Å². The van der Waals surface area contributed by atoms with Crippen LogP contribution in [0.25, 0.3) is 0 Å². The van der Waals surface area contributed by atoms with Crippen LogP contribution in [0.1, 0.15) is 39.5 Å². The minimum Gasteiger partial charge on any atom is -0.354 e. The molecule has 0 bridgehead atoms. The minimum atomic E-state index is 0. The van der Waals surface area contributed by atoms with Crippen molar-refractivity contribution in [1.29, 1.82) is 0 Å². The number of rotatable bonds is 3. The van der Waals surface area contributed by atoms with Gasteiger partial charge in [0.2, 0.25) is 5.91 Å². The summed E-state index contributed by atoms with van der Waals surface area (Å²) in [5.41, 5.74) is 0.300. The number of nitrogens with one attached hydrogen (secondary N) is 2. The van der Waals surface area contributed by atoms with Gasteiger partial charge in [-0.15, -0.1) is 24.2 Å². The molecule has 0 spiro atoms. The van der Waals surface area contributed by atoms with E-state index in [2.05, 4.69) is 24.5 Å². The zero-order chi connectivity index (χ0) is 12.3. The first-order valence-corrected chi connectivity index (χ1v) is 7.77. The summed E-state index contributed by atoms with van der Waals surface area (Å²) in [6, 6.07) is 0.423. The third kappa shape index (κ3) is 4.04. The van der Waals surface area contributed by atoms with Crippen molar-refractivity contribution in [1.82, 2.24) is 10.6 Å². The van der Waals surface area contributed by atoms with E-state index in [0.717, 1.165) is 25.3 Å². The lowest BCUT2D eigenvalue weighted by atomic mass is 9.77. The highest BCUT2D eigenvalue weighted by Gasteiger charge is 2.32. The number of halogens is 1. The monoisotopic (exact) mass is 292 g/mol. The highest BCUT2D eigenvalue weighted by atomic mass is 35.5. The largest absolute Gasteiger partial charge is 0.354 e. The van der Waals surface area contributed by atoms with Crippen LogP contribution in [0.2, 0.25) is 0 Å². The predicted molar refractivity (Wildman–Crippen MR) is 80.5 cm³/mol.